The van der Waals surface area contributed by atoms with E-state index in [9.17, 15) is 14.4 Å². The Balaban J connectivity index is 1.42. The van der Waals surface area contributed by atoms with E-state index in [2.05, 4.69) is 11.9 Å². The summed E-state index contributed by atoms with van der Waals surface area (Å²) in [4.78, 5) is 40.0. The number of amides is 1. The minimum absolute atomic E-state index is 0.145. The minimum Gasteiger partial charge on any atom is -0.495 e. The van der Waals surface area contributed by atoms with Crippen molar-refractivity contribution in [1.82, 2.24) is 0 Å². The van der Waals surface area contributed by atoms with Crippen LogP contribution in [0.1, 0.15) is 21.5 Å². The molecule has 4 rings (SSSR count). The lowest BCUT2D eigenvalue weighted by Crippen LogP contribution is -2.33. The fourth-order valence-corrected chi connectivity index (χ4v) is 4.60. The lowest BCUT2D eigenvalue weighted by Gasteiger charge is -2.23. The number of carbonyl (C=O) groups excluding carboxylic acids is 3. The van der Waals surface area contributed by atoms with Crippen LogP contribution in [-0.4, -0.2) is 51.1 Å². The van der Waals surface area contributed by atoms with Crippen LogP contribution in [0, 0.1) is 0 Å². The van der Waals surface area contributed by atoms with Gasteiger partial charge in [0.05, 0.1) is 26.5 Å². The third kappa shape index (κ3) is 7.89. The number of carbonyl (C=O) groups is 3. The first-order valence-electron chi connectivity index (χ1n) is 13.8. The van der Waals surface area contributed by atoms with Crippen LogP contribution in [0.15, 0.2) is 116 Å². The maximum atomic E-state index is 13.2. The van der Waals surface area contributed by atoms with Crippen LogP contribution in [0.5, 0.6) is 11.5 Å². The van der Waals surface area contributed by atoms with Gasteiger partial charge in [-0.1, -0.05) is 73.3 Å². The van der Waals surface area contributed by atoms with E-state index in [4.69, 9.17) is 14.2 Å². The monoisotopic (exact) mass is 578 g/mol. The number of ether oxygens (including phenoxy) is 3. The highest BCUT2D eigenvalue weighted by Gasteiger charge is 2.23. The Kier molecular flexibility index (Phi) is 10.7. The lowest BCUT2D eigenvalue weighted by molar-refractivity contribution is -0.141. The van der Waals surface area contributed by atoms with Crippen molar-refractivity contribution < 1.29 is 28.6 Å². The summed E-state index contributed by atoms with van der Waals surface area (Å²) in [7, 11) is 2.89. The van der Waals surface area contributed by atoms with Crippen LogP contribution in [0.3, 0.4) is 0 Å². The molecule has 0 saturated heterocycles. The van der Waals surface area contributed by atoms with Gasteiger partial charge in [0.1, 0.15) is 24.1 Å². The number of rotatable bonds is 14. The first-order chi connectivity index (χ1) is 20.9. The fourth-order valence-electron chi connectivity index (χ4n) is 4.60. The molecule has 0 saturated carbocycles. The number of nitrogens with zero attached hydrogens (tertiary/aromatic N) is 1. The molecule has 43 heavy (non-hydrogen) atoms. The molecule has 0 heterocycles. The van der Waals surface area contributed by atoms with Gasteiger partial charge in [-0.25, -0.2) is 4.79 Å². The van der Waals surface area contributed by atoms with Crippen LogP contribution in [0.2, 0.25) is 0 Å². The number of anilines is 2. The highest BCUT2D eigenvalue weighted by molar-refractivity contribution is 6.12. The second-order valence-electron chi connectivity index (χ2n) is 9.52. The molecule has 0 spiro atoms. The molecule has 0 aliphatic carbocycles. The second kappa shape index (κ2) is 15.0. The molecule has 0 aromatic heterocycles. The zero-order valence-electron chi connectivity index (χ0n) is 24.2. The highest BCUT2D eigenvalue weighted by atomic mass is 16.5. The Bertz CT molecular complexity index is 1550. The molecule has 4 aromatic rings. The van der Waals surface area contributed by atoms with Gasteiger partial charge in [-0.2, -0.15) is 0 Å². The molecule has 1 N–H and O–H groups in total. The fraction of sp³-hybridized carbons (Fsp3) is 0.171. The summed E-state index contributed by atoms with van der Waals surface area (Å²) in [6.07, 6.45) is 1.57. The number of esters is 1. The number of hydrogen-bond donors (Lipinski definition) is 1. The third-order valence-electron chi connectivity index (χ3n) is 6.79. The van der Waals surface area contributed by atoms with E-state index < -0.39 is 12.0 Å². The summed E-state index contributed by atoms with van der Waals surface area (Å²) >= 11 is 0. The van der Waals surface area contributed by atoms with Gasteiger partial charge in [-0.05, 0) is 48.0 Å². The van der Waals surface area contributed by atoms with Gasteiger partial charge < -0.3 is 24.4 Å². The number of para-hydroxylation sites is 3. The van der Waals surface area contributed by atoms with Gasteiger partial charge in [0.15, 0.2) is 5.78 Å². The van der Waals surface area contributed by atoms with Crippen molar-refractivity contribution in [3.05, 3.63) is 132 Å². The summed E-state index contributed by atoms with van der Waals surface area (Å²) in [6.45, 7) is 4.12. The van der Waals surface area contributed by atoms with Gasteiger partial charge >= 0.3 is 5.97 Å². The number of methoxy groups -OCH3 is 2. The van der Waals surface area contributed by atoms with Gasteiger partial charge in [-0.3, -0.25) is 9.59 Å². The van der Waals surface area contributed by atoms with Crippen LogP contribution in [0.25, 0.3) is 0 Å². The molecule has 1 atom stereocenters. The minimum atomic E-state index is -0.735. The summed E-state index contributed by atoms with van der Waals surface area (Å²) in [6, 6.07) is 29.9. The summed E-state index contributed by atoms with van der Waals surface area (Å²) in [5.74, 6) is 0.314. The van der Waals surface area contributed by atoms with E-state index in [1.165, 1.54) is 13.2 Å². The summed E-state index contributed by atoms with van der Waals surface area (Å²) < 4.78 is 16.4. The van der Waals surface area contributed by atoms with Gasteiger partial charge in [0.25, 0.3) is 5.91 Å². The van der Waals surface area contributed by atoms with Gasteiger partial charge in [0, 0.05) is 23.2 Å². The Morgan fingerprint density at radius 1 is 0.860 bits per heavy atom. The third-order valence-corrected chi connectivity index (χ3v) is 6.79. The predicted octanol–water partition coefficient (Wildman–Crippen LogP) is 5.72. The Hall–Kier alpha value is -5.37. The van der Waals surface area contributed by atoms with E-state index in [-0.39, 0.29) is 24.8 Å². The summed E-state index contributed by atoms with van der Waals surface area (Å²) in [5.41, 5.74) is 3.05. The van der Waals surface area contributed by atoms with E-state index in [0.717, 1.165) is 5.56 Å². The zero-order valence-corrected chi connectivity index (χ0v) is 24.2. The Morgan fingerprint density at radius 3 is 2.23 bits per heavy atom. The molecule has 220 valence electrons. The van der Waals surface area contributed by atoms with Crippen LogP contribution >= 0.6 is 0 Å². The van der Waals surface area contributed by atoms with E-state index in [1.807, 2.05) is 48.5 Å². The molecule has 0 unspecified atom stereocenters. The van der Waals surface area contributed by atoms with Crippen molar-refractivity contribution in [2.75, 3.05) is 37.6 Å². The number of benzene rings is 4. The SMILES string of the molecule is C=CC(=O)N(CCOc1ccc(C[C@H](Nc2ccccc2C(=O)c2ccccc2)C(=O)OC)cc1)c1ccccc1OC. The Labute approximate surface area is 251 Å². The van der Waals surface area contributed by atoms with Crippen molar-refractivity contribution in [3.63, 3.8) is 0 Å². The number of hydrogen-bond acceptors (Lipinski definition) is 7. The smallest absolute Gasteiger partial charge is 0.328 e. The van der Waals surface area contributed by atoms with Gasteiger partial charge in [-0.15, -0.1) is 0 Å². The molecule has 1 amide bonds. The maximum absolute atomic E-state index is 13.2. The topological polar surface area (TPSA) is 94.2 Å². The van der Waals surface area contributed by atoms with Crippen molar-refractivity contribution in [2.24, 2.45) is 0 Å². The molecular weight excluding hydrogens is 544 g/mol. The molecule has 0 fully saturated rings. The average Bonchev–Trinajstić information content (AvgIpc) is 3.06. The zero-order chi connectivity index (χ0) is 30.6. The molecular formula is C35H34N2O6. The second-order valence-corrected chi connectivity index (χ2v) is 9.52. The van der Waals surface area contributed by atoms with Crippen molar-refractivity contribution in [3.8, 4) is 11.5 Å². The van der Waals surface area contributed by atoms with E-state index >= 15 is 0 Å². The van der Waals surface area contributed by atoms with Gasteiger partial charge in [0.2, 0.25) is 0 Å². The van der Waals surface area contributed by atoms with Crippen molar-refractivity contribution in [2.45, 2.75) is 12.5 Å². The molecule has 0 bridgehead atoms. The van der Waals surface area contributed by atoms with Crippen LogP contribution < -0.4 is 19.7 Å². The van der Waals surface area contributed by atoms with Crippen molar-refractivity contribution in [1.29, 1.82) is 0 Å². The lowest BCUT2D eigenvalue weighted by atomic mass is 10.00. The standard InChI is InChI=1S/C35H34N2O6/c1-4-33(38)37(31-16-10-11-17-32(31)41-2)22-23-43-27-20-18-25(19-21-27)24-30(35(40)42-3)36-29-15-9-8-14-28(29)34(39)26-12-6-5-7-13-26/h4-21,30,36H,1,22-24H2,2-3H3/t30-/m0/s1. The largest absolute Gasteiger partial charge is 0.495 e. The van der Waals surface area contributed by atoms with Crippen LogP contribution in [-0.2, 0) is 20.7 Å². The normalized spacial score (nSPS) is 11.1. The molecule has 0 radical (unpaired) electrons. The number of ketones is 1. The molecule has 0 aliphatic heterocycles. The van der Waals surface area contributed by atoms with E-state index in [1.54, 1.807) is 66.6 Å². The molecule has 4 aromatic carbocycles. The quantitative estimate of drug-likeness (QED) is 0.116. The number of nitrogens with one attached hydrogen (secondary N) is 1. The molecule has 0 aliphatic rings. The molecule has 8 nitrogen and oxygen atoms in total. The summed E-state index contributed by atoms with van der Waals surface area (Å²) in [5, 5.41) is 3.22. The van der Waals surface area contributed by atoms with E-state index in [0.29, 0.717) is 40.4 Å². The first kappa shape index (κ1) is 30.6. The average molecular weight is 579 g/mol. The predicted molar refractivity (Wildman–Crippen MR) is 167 cm³/mol. The van der Waals surface area contributed by atoms with Crippen LogP contribution in [0.4, 0.5) is 11.4 Å². The van der Waals surface area contributed by atoms with Crippen molar-refractivity contribution >= 4 is 29.0 Å². The maximum Gasteiger partial charge on any atom is 0.328 e. The Morgan fingerprint density at radius 2 is 1.53 bits per heavy atom. The first-order valence-corrected chi connectivity index (χ1v) is 13.8. The molecule has 8 heteroatoms. The highest BCUT2D eigenvalue weighted by Crippen LogP contribution is 2.28.